The number of aromatic amines is 2. The van der Waals surface area contributed by atoms with Crippen molar-refractivity contribution < 1.29 is 0 Å². The van der Waals surface area contributed by atoms with E-state index in [1.165, 1.54) is 13.4 Å². The van der Waals surface area contributed by atoms with Crippen LogP contribution in [0.3, 0.4) is 0 Å². The summed E-state index contributed by atoms with van der Waals surface area (Å²) in [6, 6.07) is 0. The average Bonchev–Trinajstić information content (AvgIpc) is 2.48. The predicted octanol–water partition coefficient (Wildman–Crippen LogP) is -1.05. The van der Waals surface area contributed by atoms with Crippen LogP contribution in [0.4, 0.5) is 0 Å². The summed E-state index contributed by atoms with van der Waals surface area (Å²) in [6.45, 7) is 0. The van der Waals surface area contributed by atoms with Crippen LogP contribution in [0.2, 0.25) is 0 Å². The Morgan fingerprint density at radius 2 is 2.25 bits per heavy atom. The van der Waals surface area contributed by atoms with Gasteiger partial charge in [0.1, 0.15) is 5.52 Å². The van der Waals surface area contributed by atoms with Crippen LogP contribution in [-0.2, 0) is 7.05 Å². The van der Waals surface area contributed by atoms with Crippen LogP contribution in [0.5, 0.6) is 0 Å². The van der Waals surface area contributed by atoms with Crippen LogP contribution in [0.25, 0.3) is 11.2 Å². The fourth-order valence-electron chi connectivity index (χ4n) is 0.997. The van der Waals surface area contributed by atoms with Gasteiger partial charge in [0, 0.05) is 7.05 Å². The fraction of sp³-hybridized carbons (Fsp3) is 0.167. The zero-order valence-corrected chi connectivity index (χ0v) is 6.29. The Hall–Kier alpha value is -1.85. The molecule has 2 heterocycles. The maximum atomic E-state index is 11.3. The molecule has 2 N–H and O–H groups in total. The molecule has 6 nitrogen and oxygen atoms in total. The molecular weight excluding hydrogens is 167 g/mol. The quantitative estimate of drug-likeness (QED) is 0.533. The molecule has 0 saturated carbocycles. The molecular formula is C6H6N4O2. The second kappa shape index (κ2) is 2.07. The van der Waals surface area contributed by atoms with Crippen LogP contribution in [-0.4, -0.2) is 19.5 Å². The Balaban J connectivity index is 3.16. The van der Waals surface area contributed by atoms with E-state index in [9.17, 15) is 9.59 Å². The third-order valence-electron chi connectivity index (χ3n) is 1.69. The summed E-state index contributed by atoms with van der Waals surface area (Å²) in [5.74, 6) is 0. The molecule has 0 fully saturated rings. The molecule has 6 heteroatoms. The van der Waals surface area contributed by atoms with Crippen molar-refractivity contribution in [2.75, 3.05) is 0 Å². The van der Waals surface area contributed by atoms with E-state index in [0.29, 0.717) is 11.2 Å². The van der Waals surface area contributed by atoms with Crippen LogP contribution >= 0.6 is 0 Å². The summed E-state index contributed by atoms with van der Waals surface area (Å²) in [7, 11) is 1.40. The number of aromatic nitrogens is 4. The molecule has 0 unspecified atom stereocenters. The van der Waals surface area contributed by atoms with Gasteiger partial charge in [0.25, 0.3) is 5.56 Å². The summed E-state index contributed by atoms with van der Waals surface area (Å²) in [4.78, 5) is 31.1. The minimum atomic E-state index is -0.459. The van der Waals surface area contributed by atoms with Gasteiger partial charge in [-0.1, -0.05) is 0 Å². The van der Waals surface area contributed by atoms with Crippen molar-refractivity contribution in [1.29, 1.82) is 0 Å². The molecule has 0 bridgehead atoms. The minimum absolute atomic E-state index is 0.295. The van der Waals surface area contributed by atoms with E-state index in [1.807, 2.05) is 0 Å². The lowest BCUT2D eigenvalue weighted by molar-refractivity contribution is 0.790. The minimum Gasteiger partial charge on any atom is -0.339 e. The standard InChI is InChI=1S/C6H6N4O2/c1-10-5(11)3-4(8-2-7-3)9-6(10)12/h2H,1H3,(H,7,8)(H,9,12)/i3+1,4+1,5+1,6+1,8+1,9+1,10+1. The lowest BCUT2D eigenvalue weighted by Crippen LogP contribution is -2.32. The van der Waals surface area contributed by atoms with E-state index in [0.717, 1.165) is 4.57 Å². The normalized spacial score (nSPS) is 10.8. The van der Waals surface area contributed by atoms with Gasteiger partial charge in [0.2, 0.25) is 0 Å². The molecule has 0 radical (unpaired) electrons. The van der Waals surface area contributed by atoms with Gasteiger partial charge < -0.3 is 4.98 Å². The Morgan fingerprint density at radius 1 is 1.50 bits per heavy atom. The van der Waals surface area contributed by atoms with Gasteiger partial charge in [-0.25, -0.2) is 9.78 Å². The first-order valence-corrected chi connectivity index (χ1v) is 3.32. The van der Waals surface area contributed by atoms with Crippen molar-refractivity contribution >= 4 is 11.2 Å². The van der Waals surface area contributed by atoms with E-state index < -0.39 is 5.69 Å². The molecule has 2 rings (SSSR count). The summed E-state index contributed by atoms with van der Waals surface area (Å²) in [5, 5.41) is 0. The van der Waals surface area contributed by atoms with Crippen molar-refractivity contribution in [1.82, 2.24) is 19.5 Å². The number of hydrogen-bond donors (Lipinski definition) is 2. The lowest BCUT2D eigenvalue weighted by Gasteiger charge is -1.93. The summed E-state index contributed by atoms with van der Waals surface area (Å²) in [5.41, 5.74) is -0.217. The zero-order valence-electron chi connectivity index (χ0n) is 6.29. The van der Waals surface area contributed by atoms with E-state index >= 15 is 0 Å². The molecule has 62 valence electrons. The Bertz CT molecular complexity index is 532. The van der Waals surface area contributed by atoms with Crippen molar-refractivity contribution in [3.8, 4) is 0 Å². The summed E-state index contributed by atoms with van der Waals surface area (Å²) < 4.78 is 0.987. The maximum absolute atomic E-state index is 11.3. The summed E-state index contributed by atoms with van der Waals surface area (Å²) in [6.07, 6.45) is 1.36. The number of rotatable bonds is 0. The zero-order chi connectivity index (χ0) is 8.72. The van der Waals surface area contributed by atoms with Crippen LogP contribution in [0.1, 0.15) is 0 Å². The SMILES string of the molecule is C[15n]1[13c](=O)[15nH][13c]2[15n]c[nH][13c]2[13c]1=O. The van der Waals surface area contributed by atoms with Crippen LogP contribution < -0.4 is 11.2 Å². The second-order valence-electron chi connectivity index (χ2n) is 2.42. The molecule has 0 amide bonds. The largest absolute Gasteiger partial charge is 0.339 e. The molecule has 12 heavy (non-hydrogen) atoms. The third kappa shape index (κ3) is 0.714. The first kappa shape index (κ1) is 6.84. The van der Waals surface area contributed by atoms with Gasteiger partial charge in [-0.2, -0.15) is 0 Å². The van der Waals surface area contributed by atoms with Gasteiger partial charge in [-0.3, -0.25) is 14.3 Å². The molecule has 0 aromatic carbocycles. The van der Waals surface area contributed by atoms with E-state index in [2.05, 4.69) is 15.0 Å². The third-order valence-corrected chi connectivity index (χ3v) is 1.69. The van der Waals surface area contributed by atoms with Gasteiger partial charge in [-0.15, -0.1) is 0 Å². The molecule has 2 aromatic rings. The second-order valence-corrected chi connectivity index (χ2v) is 2.42. The highest BCUT2D eigenvalue weighted by atomic mass is 16.3. The topological polar surface area (TPSA) is 83.5 Å². The molecule has 0 aliphatic heterocycles. The number of nitrogens with one attached hydrogen (secondary N) is 2. The highest BCUT2D eigenvalue weighted by Gasteiger charge is 2.04. The van der Waals surface area contributed by atoms with Gasteiger partial charge >= 0.3 is 5.69 Å². The Morgan fingerprint density at radius 3 is 3.00 bits per heavy atom. The van der Waals surface area contributed by atoms with Crippen molar-refractivity contribution in [2.45, 2.75) is 0 Å². The summed E-state index contributed by atoms with van der Waals surface area (Å²) >= 11 is 0. The first-order chi connectivity index (χ1) is 5.70. The smallest absolute Gasteiger partial charge is 0.329 e. The number of nitrogens with zero attached hydrogens (tertiary/aromatic N) is 2. The highest BCUT2D eigenvalue weighted by molar-refractivity contribution is 5.67. The highest BCUT2D eigenvalue weighted by Crippen LogP contribution is 1.93. The monoisotopic (exact) mass is 173 g/mol. The fourth-order valence-corrected chi connectivity index (χ4v) is 0.997. The Kier molecular flexibility index (Phi) is 1.18. The first-order valence-electron chi connectivity index (χ1n) is 3.32. The molecule has 0 aliphatic carbocycles. The van der Waals surface area contributed by atoms with E-state index in [4.69, 9.17) is 0 Å². The lowest BCUT2D eigenvalue weighted by atomic mass is 11.4. The van der Waals surface area contributed by atoms with Crippen molar-refractivity contribution in [3.05, 3.63) is 27.2 Å². The number of H-pyrrole nitrogens is 2. The van der Waals surface area contributed by atoms with E-state index in [1.54, 1.807) is 0 Å². The average molecular weight is 173 g/mol. The predicted molar refractivity (Wildman–Crippen MR) is 42.0 cm³/mol. The van der Waals surface area contributed by atoms with E-state index in [-0.39, 0.29) is 5.56 Å². The molecule has 0 atom stereocenters. The number of imidazole rings is 1. The molecule has 0 aliphatic rings. The van der Waals surface area contributed by atoms with Crippen molar-refractivity contribution in [3.63, 3.8) is 0 Å². The number of fused-ring (bicyclic) bond motifs is 1. The maximum Gasteiger partial charge on any atom is 0.329 e. The van der Waals surface area contributed by atoms with Gasteiger partial charge in [0.05, 0.1) is 6.33 Å². The molecule has 0 saturated heterocycles. The van der Waals surface area contributed by atoms with Crippen LogP contribution in [0.15, 0.2) is 15.9 Å². The van der Waals surface area contributed by atoms with Crippen LogP contribution in [0, 0.1) is 0 Å². The Labute approximate surface area is 65.9 Å². The molecule has 0 spiro atoms. The van der Waals surface area contributed by atoms with Gasteiger partial charge in [-0.05, 0) is 0 Å². The van der Waals surface area contributed by atoms with Gasteiger partial charge in [0.15, 0.2) is 5.65 Å². The molecule has 2 aromatic heterocycles. The van der Waals surface area contributed by atoms with Crippen molar-refractivity contribution in [2.24, 2.45) is 7.05 Å². The number of hydrogen-bond acceptors (Lipinski definition) is 3.